The normalized spacial score (nSPS) is 12.0. The minimum Gasteiger partial charge on any atom is -0.353 e. The molecule has 0 atom stereocenters. The summed E-state index contributed by atoms with van der Waals surface area (Å²) in [5.74, 6) is -2.65. The first kappa shape index (κ1) is 18.0. The van der Waals surface area contributed by atoms with Gasteiger partial charge in [-0.3, -0.25) is 4.79 Å². The average molecular weight is 385 g/mol. The van der Waals surface area contributed by atoms with Crippen LogP contribution in [0.3, 0.4) is 0 Å². The number of carbonyl (C=O) groups is 1. The molecule has 0 bridgehead atoms. The van der Waals surface area contributed by atoms with Crippen molar-refractivity contribution in [1.29, 1.82) is 0 Å². The van der Waals surface area contributed by atoms with E-state index in [1.807, 2.05) is 0 Å². The standard InChI is InChI=1S/C12H15BrF2N2O3S/c1-7(2)16-11(18)6-17(3)21(19,20)12-9(13)4-8(14)5-10(12)15/h4-5,7H,6H2,1-3H3,(H,16,18). The van der Waals surface area contributed by atoms with E-state index in [-0.39, 0.29) is 10.5 Å². The van der Waals surface area contributed by atoms with Gasteiger partial charge in [-0.15, -0.1) is 0 Å². The molecular weight excluding hydrogens is 370 g/mol. The van der Waals surface area contributed by atoms with Crippen LogP contribution in [-0.4, -0.2) is 38.3 Å². The summed E-state index contributed by atoms with van der Waals surface area (Å²) in [5, 5.41) is 2.53. The third kappa shape index (κ3) is 4.45. The molecule has 0 heterocycles. The molecule has 21 heavy (non-hydrogen) atoms. The van der Waals surface area contributed by atoms with E-state index in [1.165, 1.54) is 0 Å². The van der Waals surface area contributed by atoms with Gasteiger partial charge in [0.2, 0.25) is 15.9 Å². The Kier molecular flexibility index (Phi) is 5.83. The van der Waals surface area contributed by atoms with Crippen LogP contribution in [0.2, 0.25) is 0 Å². The maximum atomic E-state index is 13.7. The molecular formula is C12H15BrF2N2O3S. The lowest BCUT2D eigenvalue weighted by molar-refractivity contribution is -0.121. The van der Waals surface area contributed by atoms with Gasteiger partial charge in [0.1, 0.15) is 16.5 Å². The third-order valence-electron chi connectivity index (χ3n) is 2.45. The molecule has 0 saturated heterocycles. The molecule has 0 radical (unpaired) electrons. The van der Waals surface area contributed by atoms with E-state index in [4.69, 9.17) is 0 Å². The Morgan fingerprint density at radius 2 is 1.95 bits per heavy atom. The van der Waals surface area contributed by atoms with Crippen molar-refractivity contribution in [3.63, 3.8) is 0 Å². The van der Waals surface area contributed by atoms with E-state index in [0.717, 1.165) is 13.1 Å². The van der Waals surface area contributed by atoms with Crippen LogP contribution in [0.5, 0.6) is 0 Å². The van der Waals surface area contributed by atoms with E-state index in [9.17, 15) is 22.0 Å². The Morgan fingerprint density at radius 3 is 2.43 bits per heavy atom. The molecule has 1 aromatic carbocycles. The zero-order chi connectivity index (χ0) is 16.4. The first-order valence-electron chi connectivity index (χ1n) is 5.96. The minimum atomic E-state index is -4.26. The van der Waals surface area contributed by atoms with Crippen LogP contribution >= 0.6 is 15.9 Å². The summed E-state index contributed by atoms with van der Waals surface area (Å²) in [5.41, 5.74) is 0. The van der Waals surface area contributed by atoms with Gasteiger partial charge in [-0.1, -0.05) is 0 Å². The highest BCUT2D eigenvalue weighted by Crippen LogP contribution is 2.28. The van der Waals surface area contributed by atoms with E-state index in [2.05, 4.69) is 21.2 Å². The topological polar surface area (TPSA) is 66.5 Å². The van der Waals surface area contributed by atoms with Crippen LogP contribution in [-0.2, 0) is 14.8 Å². The Morgan fingerprint density at radius 1 is 1.38 bits per heavy atom. The molecule has 0 aliphatic rings. The summed E-state index contributed by atoms with van der Waals surface area (Å²) in [6, 6.07) is 1.17. The molecule has 5 nitrogen and oxygen atoms in total. The summed E-state index contributed by atoms with van der Waals surface area (Å²) in [7, 11) is -3.12. The van der Waals surface area contributed by atoms with Gasteiger partial charge >= 0.3 is 0 Å². The van der Waals surface area contributed by atoms with Crippen molar-refractivity contribution >= 4 is 31.9 Å². The molecule has 9 heteroatoms. The molecule has 1 aromatic rings. The number of carbonyl (C=O) groups excluding carboxylic acids is 1. The minimum absolute atomic E-state index is 0.150. The van der Waals surface area contributed by atoms with Crippen LogP contribution in [0.4, 0.5) is 8.78 Å². The third-order valence-corrected chi connectivity index (χ3v) is 5.22. The van der Waals surface area contributed by atoms with Crippen molar-refractivity contribution in [2.24, 2.45) is 0 Å². The highest BCUT2D eigenvalue weighted by Gasteiger charge is 2.29. The number of hydrogen-bond acceptors (Lipinski definition) is 3. The first-order chi connectivity index (χ1) is 9.55. The van der Waals surface area contributed by atoms with Gasteiger partial charge in [-0.2, -0.15) is 4.31 Å². The van der Waals surface area contributed by atoms with Crippen molar-refractivity contribution in [2.75, 3.05) is 13.6 Å². The number of rotatable bonds is 5. The van der Waals surface area contributed by atoms with E-state index in [1.54, 1.807) is 13.8 Å². The summed E-state index contributed by atoms with van der Waals surface area (Å²) in [6.07, 6.45) is 0. The van der Waals surface area contributed by atoms with Gasteiger partial charge in [-0.25, -0.2) is 17.2 Å². The Hall–Kier alpha value is -1.06. The second-order valence-corrected chi connectivity index (χ2v) is 7.52. The van der Waals surface area contributed by atoms with Crippen molar-refractivity contribution < 1.29 is 22.0 Å². The van der Waals surface area contributed by atoms with Crippen LogP contribution in [0.25, 0.3) is 0 Å². The number of benzene rings is 1. The fourth-order valence-electron chi connectivity index (χ4n) is 1.59. The number of nitrogens with zero attached hydrogens (tertiary/aromatic N) is 1. The Labute approximate surface area is 130 Å². The summed E-state index contributed by atoms with van der Waals surface area (Å²) >= 11 is 2.82. The zero-order valence-corrected chi connectivity index (χ0v) is 14.1. The SMILES string of the molecule is CC(C)NC(=O)CN(C)S(=O)(=O)c1c(F)cc(F)cc1Br. The number of likely N-dealkylation sites (N-methyl/N-ethyl adjacent to an activating group) is 1. The number of amides is 1. The van der Waals surface area contributed by atoms with Crippen molar-refractivity contribution in [3.05, 3.63) is 28.2 Å². The van der Waals surface area contributed by atoms with Crippen molar-refractivity contribution in [1.82, 2.24) is 9.62 Å². The highest BCUT2D eigenvalue weighted by atomic mass is 79.9. The van der Waals surface area contributed by atoms with Crippen LogP contribution < -0.4 is 5.32 Å². The fourth-order valence-corrected chi connectivity index (χ4v) is 3.82. The smallest absolute Gasteiger partial charge is 0.247 e. The molecule has 0 spiro atoms. The molecule has 0 unspecified atom stereocenters. The zero-order valence-electron chi connectivity index (χ0n) is 11.7. The maximum Gasteiger partial charge on any atom is 0.247 e. The van der Waals surface area contributed by atoms with Crippen molar-refractivity contribution in [2.45, 2.75) is 24.8 Å². The molecule has 1 rings (SSSR count). The monoisotopic (exact) mass is 384 g/mol. The Bertz CT molecular complexity index is 627. The first-order valence-corrected chi connectivity index (χ1v) is 8.19. The number of nitrogens with one attached hydrogen (secondary N) is 1. The quantitative estimate of drug-likeness (QED) is 0.842. The average Bonchev–Trinajstić information content (AvgIpc) is 2.24. The van der Waals surface area contributed by atoms with Crippen molar-refractivity contribution in [3.8, 4) is 0 Å². The second kappa shape index (κ2) is 6.80. The lowest BCUT2D eigenvalue weighted by Gasteiger charge is -2.19. The van der Waals surface area contributed by atoms with Crippen LogP contribution in [0.1, 0.15) is 13.8 Å². The Balaban J connectivity index is 3.09. The molecule has 0 aromatic heterocycles. The van der Waals surface area contributed by atoms with Gasteiger partial charge in [-0.05, 0) is 35.8 Å². The molecule has 0 aliphatic carbocycles. The number of sulfonamides is 1. The summed E-state index contributed by atoms with van der Waals surface area (Å²) < 4.78 is 51.7. The molecule has 0 fully saturated rings. The molecule has 0 saturated carbocycles. The molecule has 118 valence electrons. The fraction of sp³-hybridized carbons (Fsp3) is 0.417. The van der Waals surface area contributed by atoms with Gasteiger partial charge in [0.15, 0.2) is 0 Å². The van der Waals surface area contributed by atoms with Crippen LogP contribution in [0.15, 0.2) is 21.5 Å². The van der Waals surface area contributed by atoms with E-state index in [0.29, 0.717) is 10.4 Å². The number of hydrogen-bond donors (Lipinski definition) is 1. The summed E-state index contributed by atoms with van der Waals surface area (Å²) in [4.78, 5) is 10.9. The summed E-state index contributed by atoms with van der Waals surface area (Å²) in [6.45, 7) is 2.98. The molecule has 0 aliphatic heterocycles. The predicted octanol–water partition coefficient (Wildman–Crippen LogP) is 1.87. The molecule has 1 amide bonds. The predicted molar refractivity (Wildman–Crippen MR) is 77.2 cm³/mol. The second-order valence-electron chi connectivity index (χ2n) is 4.68. The van der Waals surface area contributed by atoms with Gasteiger partial charge in [0.25, 0.3) is 0 Å². The molecule has 1 N–H and O–H groups in total. The van der Waals surface area contributed by atoms with Crippen LogP contribution in [0, 0.1) is 11.6 Å². The van der Waals surface area contributed by atoms with Gasteiger partial charge in [0, 0.05) is 23.6 Å². The highest BCUT2D eigenvalue weighted by molar-refractivity contribution is 9.10. The van der Waals surface area contributed by atoms with Gasteiger partial charge in [0.05, 0.1) is 6.54 Å². The number of halogens is 3. The lowest BCUT2D eigenvalue weighted by atomic mass is 10.3. The van der Waals surface area contributed by atoms with E-state index < -0.39 is 39.0 Å². The lowest BCUT2D eigenvalue weighted by Crippen LogP contribution is -2.41. The maximum absolute atomic E-state index is 13.7. The van der Waals surface area contributed by atoms with E-state index >= 15 is 0 Å². The largest absolute Gasteiger partial charge is 0.353 e. The van der Waals surface area contributed by atoms with Gasteiger partial charge < -0.3 is 5.32 Å².